The lowest BCUT2D eigenvalue weighted by Crippen LogP contribution is -2.56. The van der Waals surface area contributed by atoms with Crippen molar-refractivity contribution in [1.29, 1.82) is 0 Å². The summed E-state index contributed by atoms with van der Waals surface area (Å²) in [6.07, 6.45) is -3.07. The van der Waals surface area contributed by atoms with Crippen LogP contribution in [0.3, 0.4) is 0 Å². The number of halogens is 3. The van der Waals surface area contributed by atoms with Crippen LogP contribution in [0.25, 0.3) is 22.0 Å². The summed E-state index contributed by atoms with van der Waals surface area (Å²) in [6, 6.07) is 20.5. The van der Waals surface area contributed by atoms with Gasteiger partial charge in [-0.2, -0.15) is 0 Å². The number of hydrogen-bond donors (Lipinski definition) is 1. The topological polar surface area (TPSA) is 79.7 Å². The monoisotopic (exact) mass is 593 g/mol. The summed E-state index contributed by atoms with van der Waals surface area (Å²) < 4.78 is 33.0. The molecule has 1 aromatic heterocycles. The van der Waals surface area contributed by atoms with Crippen molar-refractivity contribution in [3.8, 4) is 11.1 Å². The molecule has 0 unspecified atom stereocenters. The van der Waals surface area contributed by atoms with Gasteiger partial charge in [-0.1, -0.05) is 66.2 Å². The van der Waals surface area contributed by atoms with Gasteiger partial charge in [-0.25, -0.2) is 23.2 Å². The number of fused-ring (bicyclic) bond motifs is 4. The highest BCUT2D eigenvalue weighted by Crippen LogP contribution is 2.44. The highest BCUT2D eigenvalue weighted by molar-refractivity contribution is 6.35. The second-order valence-corrected chi connectivity index (χ2v) is 11.0. The molecule has 1 aliphatic carbocycles. The van der Waals surface area contributed by atoms with Crippen molar-refractivity contribution in [2.24, 2.45) is 0 Å². The second kappa shape index (κ2) is 11.7. The number of piperazine rings is 1. The first kappa shape index (κ1) is 28.1. The number of benzene rings is 3. The van der Waals surface area contributed by atoms with Crippen LogP contribution >= 0.6 is 11.6 Å². The van der Waals surface area contributed by atoms with Crippen molar-refractivity contribution < 1.29 is 18.3 Å². The van der Waals surface area contributed by atoms with E-state index >= 15 is 0 Å². The molecule has 1 amide bonds. The minimum absolute atomic E-state index is 0.0953. The van der Waals surface area contributed by atoms with Gasteiger partial charge in [0.05, 0.1) is 28.5 Å². The van der Waals surface area contributed by atoms with E-state index in [1.165, 1.54) is 4.68 Å². The summed E-state index contributed by atoms with van der Waals surface area (Å²) in [5, 5.41) is 5.12. The molecular weight excluding hydrogens is 564 g/mol. The van der Waals surface area contributed by atoms with Crippen LogP contribution in [0.4, 0.5) is 13.6 Å². The lowest BCUT2D eigenvalue weighted by Gasteiger charge is -2.37. The molecule has 218 valence electrons. The van der Waals surface area contributed by atoms with Crippen molar-refractivity contribution in [3.05, 3.63) is 99.1 Å². The summed E-state index contributed by atoms with van der Waals surface area (Å²) in [6.45, 7) is 2.91. The fraction of sp³-hybridized carbons (Fsp3) is 0.323. The van der Waals surface area contributed by atoms with Crippen LogP contribution < -0.4 is 15.9 Å². The van der Waals surface area contributed by atoms with E-state index in [0.29, 0.717) is 37.5 Å². The summed E-state index contributed by atoms with van der Waals surface area (Å²) in [4.78, 5) is 33.2. The zero-order chi connectivity index (χ0) is 29.4. The number of hydrogen-bond acceptors (Lipinski definition) is 6. The van der Waals surface area contributed by atoms with Gasteiger partial charge in [0.25, 0.3) is 12.0 Å². The first-order valence-corrected chi connectivity index (χ1v) is 14.3. The molecule has 2 heterocycles. The fourth-order valence-electron chi connectivity index (χ4n) is 5.95. The third kappa shape index (κ3) is 5.32. The van der Waals surface area contributed by atoms with Crippen molar-refractivity contribution in [2.45, 2.75) is 25.3 Å². The first-order valence-electron chi connectivity index (χ1n) is 13.9. The summed E-state index contributed by atoms with van der Waals surface area (Å²) >= 11 is 6.39. The average molecular weight is 594 g/mol. The molecule has 1 N–H and O–H groups in total. The normalized spacial score (nSPS) is 16.0. The molecule has 3 aromatic carbocycles. The highest BCUT2D eigenvalue weighted by atomic mass is 35.5. The molecule has 1 aliphatic heterocycles. The van der Waals surface area contributed by atoms with Crippen LogP contribution in [-0.2, 0) is 4.74 Å². The Kier molecular flexibility index (Phi) is 7.83. The third-order valence-electron chi connectivity index (χ3n) is 7.94. The van der Waals surface area contributed by atoms with Crippen LogP contribution in [0.15, 0.2) is 71.5 Å². The molecule has 2 aliphatic rings. The molecule has 1 atom stereocenters. The molecule has 8 nitrogen and oxygen atoms in total. The molecular formula is C31H30ClF2N5O3. The maximum atomic E-state index is 13.8. The largest absolute Gasteiger partial charge is 0.449 e. The zero-order valence-electron chi connectivity index (χ0n) is 23.0. The van der Waals surface area contributed by atoms with Crippen LogP contribution in [0.5, 0.6) is 0 Å². The first-order chi connectivity index (χ1) is 20.3. The van der Waals surface area contributed by atoms with E-state index in [0.717, 1.165) is 22.3 Å². The van der Waals surface area contributed by atoms with Gasteiger partial charge in [0.1, 0.15) is 6.61 Å². The highest BCUT2D eigenvalue weighted by Gasteiger charge is 2.30. The van der Waals surface area contributed by atoms with Gasteiger partial charge in [-0.3, -0.25) is 9.69 Å². The number of alkyl carbamates (subject to hydrolysis) is 1. The predicted octanol–water partition coefficient (Wildman–Crippen LogP) is 5.17. The standard InChI is InChI=1S/C31H30ClF2N5O3/c1-19(35-31(41)42-18-24-22-9-4-2-7-20(22)21-8-3-5-10-23(21)24)29-36-26-12-6-11-25(32)28(26)30(40)39(29)38-15-13-37(14-16-38)17-27(33)34/h2-12,19,24,27H,13-18H2,1H3,(H,35,41)/t19-/m0/s1. The minimum Gasteiger partial charge on any atom is -0.449 e. The van der Waals surface area contributed by atoms with Gasteiger partial charge in [0, 0.05) is 32.1 Å². The number of aromatic nitrogens is 2. The Balaban J connectivity index is 1.23. The van der Waals surface area contributed by atoms with Gasteiger partial charge >= 0.3 is 6.09 Å². The molecule has 0 bridgehead atoms. The molecule has 11 heteroatoms. The van der Waals surface area contributed by atoms with Gasteiger partial charge in [-0.15, -0.1) is 0 Å². The van der Waals surface area contributed by atoms with Gasteiger partial charge in [0.15, 0.2) is 5.82 Å². The second-order valence-electron chi connectivity index (χ2n) is 10.6. The Morgan fingerprint density at radius 3 is 2.29 bits per heavy atom. The van der Waals surface area contributed by atoms with E-state index in [1.54, 1.807) is 35.0 Å². The number of carbonyl (C=O) groups is 1. The van der Waals surface area contributed by atoms with E-state index in [-0.39, 0.29) is 35.0 Å². The Morgan fingerprint density at radius 2 is 1.64 bits per heavy atom. The van der Waals surface area contributed by atoms with Crippen molar-refractivity contribution in [2.75, 3.05) is 44.3 Å². The molecule has 4 aromatic rings. The van der Waals surface area contributed by atoms with E-state index in [4.69, 9.17) is 21.3 Å². The number of alkyl halides is 2. The van der Waals surface area contributed by atoms with Gasteiger partial charge in [0.2, 0.25) is 0 Å². The number of nitrogens with one attached hydrogen (secondary N) is 1. The molecule has 0 spiro atoms. The zero-order valence-corrected chi connectivity index (χ0v) is 23.7. The van der Waals surface area contributed by atoms with Crippen molar-refractivity contribution in [3.63, 3.8) is 0 Å². The fourth-order valence-corrected chi connectivity index (χ4v) is 6.20. The number of nitrogens with zero attached hydrogens (tertiary/aromatic N) is 4. The average Bonchev–Trinajstić information content (AvgIpc) is 3.30. The van der Waals surface area contributed by atoms with Crippen molar-refractivity contribution >= 4 is 28.6 Å². The van der Waals surface area contributed by atoms with Crippen LogP contribution in [0.2, 0.25) is 5.02 Å². The SMILES string of the molecule is C[C@H](NC(=O)OCC1c2ccccc2-c2ccccc21)c1nc2cccc(Cl)c2c(=O)n1N1CCN(CC(F)F)CC1. The Labute approximate surface area is 246 Å². The summed E-state index contributed by atoms with van der Waals surface area (Å²) in [5.74, 6) is 0.202. The van der Waals surface area contributed by atoms with Crippen LogP contribution in [0.1, 0.15) is 35.8 Å². The summed E-state index contributed by atoms with van der Waals surface area (Å²) in [5.41, 5.74) is 4.49. The van der Waals surface area contributed by atoms with E-state index < -0.39 is 18.6 Å². The Morgan fingerprint density at radius 1 is 1.00 bits per heavy atom. The van der Waals surface area contributed by atoms with Gasteiger partial charge < -0.3 is 15.1 Å². The predicted molar refractivity (Wildman–Crippen MR) is 158 cm³/mol. The number of ether oxygens (including phenoxy) is 1. The molecule has 42 heavy (non-hydrogen) atoms. The number of rotatable bonds is 7. The molecule has 1 saturated heterocycles. The minimum atomic E-state index is -2.43. The quantitative estimate of drug-likeness (QED) is 0.319. The maximum Gasteiger partial charge on any atom is 0.407 e. The molecule has 1 fully saturated rings. The van der Waals surface area contributed by atoms with E-state index in [9.17, 15) is 18.4 Å². The Bertz CT molecular complexity index is 1640. The number of carbonyl (C=O) groups excluding carboxylic acids is 1. The van der Waals surface area contributed by atoms with Crippen LogP contribution in [-0.4, -0.2) is 66.4 Å². The van der Waals surface area contributed by atoms with E-state index in [1.807, 2.05) is 36.4 Å². The Hall–Kier alpha value is -4.02. The molecule has 6 rings (SSSR count). The third-order valence-corrected chi connectivity index (χ3v) is 8.26. The molecule has 0 saturated carbocycles. The van der Waals surface area contributed by atoms with Gasteiger partial charge in [-0.05, 0) is 41.3 Å². The lowest BCUT2D eigenvalue weighted by atomic mass is 9.98. The number of amides is 1. The molecule has 0 radical (unpaired) electrons. The maximum absolute atomic E-state index is 13.8. The smallest absolute Gasteiger partial charge is 0.407 e. The van der Waals surface area contributed by atoms with E-state index in [2.05, 4.69) is 17.4 Å². The van der Waals surface area contributed by atoms with Crippen LogP contribution in [0, 0.1) is 0 Å². The lowest BCUT2D eigenvalue weighted by molar-refractivity contribution is 0.0824. The summed E-state index contributed by atoms with van der Waals surface area (Å²) in [7, 11) is 0. The van der Waals surface area contributed by atoms with Crippen molar-refractivity contribution in [1.82, 2.24) is 19.9 Å².